The third-order valence-corrected chi connectivity index (χ3v) is 14.2. The second kappa shape index (κ2) is 15.9. The molecule has 1 atom stereocenters. The predicted octanol–water partition coefficient (Wildman–Crippen LogP) is 6.85. The van der Waals surface area contributed by atoms with Crippen molar-refractivity contribution in [1.82, 2.24) is 15.1 Å². The number of amides is 3. The Labute approximate surface area is 350 Å². The lowest BCUT2D eigenvalue weighted by Crippen LogP contribution is -2.66. The zero-order valence-corrected chi connectivity index (χ0v) is 35.0. The molecule has 8 rings (SSSR count). The molecular formula is C46H52ClFN6O5. The molecule has 1 saturated carbocycles. The highest BCUT2D eigenvalue weighted by atomic mass is 35.5. The number of imide groups is 1. The van der Waals surface area contributed by atoms with Crippen LogP contribution in [0.4, 0.5) is 15.8 Å². The SMILES string of the molecule is CC1(C)C(CC(=O)c2ccc(N3CCN(CC4CCN(c5cc6c(cc5F)C(=O)N(C5CCC(=O)NC5=O)C6)CC4)CC3)cc2)C(C)(C)C1Oc1ccc(C#N)c(Cl)c1. The molecule has 11 nitrogen and oxygen atoms in total. The number of fused-ring (bicyclic) bond motifs is 1. The van der Waals surface area contributed by atoms with Crippen LogP contribution in [0.2, 0.25) is 5.02 Å². The van der Waals surface area contributed by atoms with Crippen molar-refractivity contribution >= 4 is 46.5 Å². The number of nitrogens with zero attached hydrogens (tertiary/aromatic N) is 5. The van der Waals surface area contributed by atoms with Gasteiger partial charge in [0.05, 0.1) is 16.3 Å². The van der Waals surface area contributed by atoms with Crippen LogP contribution in [-0.4, -0.2) is 91.3 Å². The van der Waals surface area contributed by atoms with Crippen LogP contribution in [-0.2, 0) is 16.1 Å². The Morgan fingerprint density at radius 2 is 1.61 bits per heavy atom. The van der Waals surface area contributed by atoms with Crippen LogP contribution < -0.4 is 19.9 Å². The molecule has 0 bridgehead atoms. The maximum atomic E-state index is 15.5. The molecule has 0 spiro atoms. The highest BCUT2D eigenvalue weighted by Crippen LogP contribution is 2.62. The summed E-state index contributed by atoms with van der Waals surface area (Å²) in [5.41, 5.74) is 3.26. The van der Waals surface area contributed by atoms with Gasteiger partial charge >= 0.3 is 0 Å². The van der Waals surface area contributed by atoms with E-state index < -0.39 is 17.8 Å². The number of hydrogen-bond acceptors (Lipinski definition) is 9. The van der Waals surface area contributed by atoms with Crippen molar-refractivity contribution in [2.24, 2.45) is 22.7 Å². The van der Waals surface area contributed by atoms with Gasteiger partial charge in [-0.3, -0.25) is 29.4 Å². The van der Waals surface area contributed by atoms with Gasteiger partial charge in [0.1, 0.15) is 29.8 Å². The molecule has 13 heteroatoms. The lowest BCUT2D eigenvalue weighted by atomic mass is 9.44. The summed E-state index contributed by atoms with van der Waals surface area (Å²) in [5.74, 6) is -0.223. The van der Waals surface area contributed by atoms with Crippen molar-refractivity contribution in [2.75, 3.05) is 55.6 Å². The summed E-state index contributed by atoms with van der Waals surface area (Å²) < 4.78 is 21.9. The standard InChI is InChI=1S/C46H52ClFN6O5/c1-45(2)40(46(3,4)44(45)59-33-10-7-30(25-49)35(47)22-33)24-39(55)29-5-8-32(9-6-29)52-19-17-51(18-20-52)26-28-13-15-53(16-14-28)38-21-31-27-54(43(58)34(31)23-36(38)48)37-11-12-41(56)50-42(37)57/h5-10,21-23,28,37,40,44H,11-20,24,26-27H2,1-4H3,(H,50,56,57). The van der Waals surface area contributed by atoms with Gasteiger partial charge in [0.15, 0.2) is 5.78 Å². The number of halogens is 2. The van der Waals surface area contributed by atoms with Crippen molar-refractivity contribution in [1.29, 1.82) is 5.26 Å². The number of anilines is 2. The van der Waals surface area contributed by atoms with Crippen molar-refractivity contribution in [2.45, 2.75) is 78.5 Å². The van der Waals surface area contributed by atoms with E-state index >= 15 is 4.39 Å². The Morgan fingerprint density at radius 1 is 0.915 bits per heavy atom. The summed E-state index contributed by atoms with van der Waals surface area (Å²) in [4.78, 5) is 59.3. The lowest BCUT2D eigenvalue weighted by Gasteiger charge is -2.63. The minimum absolute atomic E-state index is 0.119. The Morgan fingerprint density at radius 3 is 2.25 bits per heavy atom. The van der Waals surface area contributed by atoms with E-state index in [1.54, 1.807) is 24.3 Å². The van der Waals surface area contributed by atoms with Gasteiger partial charge in [-0.05, 0) is 85.2 Å². The second-order valence-electron chi connectivity index (χ2n) is 18.2. The first-order chi connectivity index (χ1) is 28.1. The number of ketones is 1. The van der Waals surface area contributed by atoms with Crippen molar-refractivity contribution in [3.8, 4) is 11.8 Å². The van der Waals surface area contributed by atoms with Crippen LogP contribution in [0.1, 0.15) is 91.6 Å². The molecule has 0 radical (unpaired) electrons. The molecule has 3 aromatic rings. The number of benzene rings is 3. The first-order valence-corrected chi connectivity index (χ1v) is 21.2. The summed E-state index contributed by atoms with van der Waals surface area (Å²) in [6, 6.07) is 17.6. The molecule has 3 aromatic carbocycles. The summed E-state index contributed by atoms with van der Waals surface area (Å²) in [6.45, 7) is 15.0. The van der Waals surface area contributed by atoms with Crippen molar-refractivity contribution in [3.63, 3.8) is 0 Å². The fraction of sp³-hybridized carbons (Fsp3) is 0.500. The average Bonchev–Trinajstić information content (AvgIpc) is 3.53. The van der Waals surface area contributed by atoms with Gasteiger partial charge in [0.2, 0.25) is 11.8 Å². The van der Waals surface area contributed by atoms with E-state index in [0.29, 0.717) is 45.5 Å². The minimum atomic E-state index is -0.725. The van der Waals surface area contributed by atoms with E-state index in [1.807, 2.05) is 12.1 Å². The minimum Gasteiger partial charge on any atom is -0.489 e. The van der Waals surface area contributed by atoms with Crippen LogP contribution in [0.15, 0.2) is 54.6 Å². The normalized spacial score (nSPS) is 24.3. The monoisotopic (exact) mass is 822 g/mol. The number of hydrogen-bond donors (Lipinski definition) is 1. The number of piperazine rings is 1. The molecule has 0 aromatic heterocycles. The molecule has 59 heavy (non-hydrogen) atoms. The number of carbonyl (C=O) groups is 4. The van der Waals surface area contributed by atoms with Gasteiger partial charge in [-0.1, -0.05) is 39.3 Å². The molecule has 1 unspecified atom stereocenters. The molecule has 4 heterocycles. The topological polar surface area (TPSA) is 126 Å². The van der Waals surface area contributed by atoms with E-state index in [0.717, 1.165) is 69.9 Å². The van der Waals surface area contributed by atoms with Crippen molar-refractivity contribution in [3.05, 3.63) is 87.7 Å². The fourth-order valence-electron chi connectivity index (χ4n) is 10.7. The Balaban J connectivity index is 0.791. The maximum Gasteiger partial charge on any atom is 0.255 e. The van der Waals surface area contributed by atoms with E-state index in [9.17, 15) is 24.4 Å². The van der Waals surface area contributed by atoms with E-state index in [1.165, 1.54) is 11.0 Å². The Kier molecular flexibility index (Phi) is 11.0. The number of piperidine rings is 2. The molecular weight excluding hydrogens is 771 g/mol. The smallest absolute Gasteiger partial charge is 0.255 e. The van der Waals surface area contributed by atoms with Crippen LogP contribution in [0.25, 0.3) is 0 Å². The fourth-order valence-corrected chi connectivity index (χ4v) is 10.9. The van der Waals surface area contributed by atoms with E-state index in [2.05, 4.69) is 65.9 Å². The molecule has 310 valence electrons. The Bertz CT molecular complexity index is 2190. The molecule has 5 aliphatic rings. The first-order valence-electron chi connectivity index (χ1n) is 20.8. The van der Waals surface area contributed by atoms with E-state index in [4.69, 9.17) is 16.3 Å². The molecule has 3 amide bonds. The largest absolute Gasteiger partial charge is 0.489 e. The number of nitrogens with one attached hydrogen (secondary N) is 1. The summed E-state index contributed by atoms with van der Waals surface area (Å²) >= 11 is 6.26. The van der Waals surface area contributed by atoms with Crippen LogP contribution in [0, 0.1) is 39.8 Å². The highest BCUT2D eigenvalue weighted by molar-refractivity contribution is 6.31. The summed E-state index contributed by atoms with van der Waals surface area (Å²) in [6.07, 6.45) is 2.65. The zero-order valence-electron chi connectivity index (χ0n) is 34.2. The zero-order chi connectivity index (χ0) is 41.8. The first kappa shape index (κ1) is 40.8. The Hall–Kier alpha value is -4.99. The van der Waals surface area contributed by atoms with Gasteiger partial charge in [-0.25, -0.2) is 4.39 Å². The number of nitriles is 1. The summed E-state index contributed by atoms with van der Waals surface area (Å²) in [7, 11) is 0. The molecule has 1 N–H and O–H groups in total. The van der Waals surface area contributed by atoms with Gasteiger partial charge in [0, 0.05) is 98.9 Å². The molecule has 4 aliphatic heterocycles. The third kappa shape index (κ3) is 7.80. The van der Waals surface area contributed by atoms with Gasteiger partial charge in [-0.15, -0.1) is 0 Å². The van der Waals surface area contributed by atoms with Crippen LogP contribution >= 0.6 is 11.6 Å². The van der Waals surface area contributed by atoms with Gasteiger partial charge in [-0.2, -0.15) is 5.26 Å². The number of carbonyl (C=O) groups excluding carboxylic acids is 4. The quantitative estimate of drug-likeness (QED) is 0.173. The highest BCUT2D eigenvalue weighted by Gasteiger charge is 2.63. The lowest BCUT2D eigenvalue weighted by molar-refractivity contribution is -0.196. The number of ether oxygens (including phenoxy) is 1. The third-order valence-electron chi connectivity index (χ3n) is 13.8. The van der Waals surface area contributed by atoms with Crippen LogP contribution in [0.5, 0.6) is 5.75 Å². The summed E-state index contributed by atoms with van der Waals surface area (Å²) in [5, 5.41) is 11.9. The molecule has 4 fully saturated rings. The van der Waals surface area contributed by atoms with E-state index in [-0.39, 0.29) is 59.8 Å². The van der Waals surface area contributed by atoms with Gasteiger partial charge in [0.25, 0.3) is 5.91 Å². The van der Waals surface area contributed by atoms with Gasteiger partial charge < -0.3 is 19.4 Å². The predicted molar refractivity (Wildman–Crippen MR) is 223 cm³/mol. The molecule has 1 aliphatic carbocycles. The molecule has 3 saturated heterocycles. The van der Waals surface area contributed by atoms with Crippen LogP contribution in [0.3, 0.4) is 0 Å². The number of Topliss-reactive ketones (excluding diaryl/α,β-unsaturated/α-hetero) is 1. The van der Waals surface area contributed by atoms with Crippen molar-refractivity contribution < 1.29 is 28.3 Å². The average molecular weight is 823 g/mol. The maximum absolute atomic E-state index is 15.5. The second-order valence-corrected chi connectivity index (χ2v) is 18.6. The number of rotatable bonds is 10.